The summed E-state index contributed by atoms with van der Waals surface area (Å²) in [6.45, 7) is 11.2. The Morgan fingerprint density at radius 2 is 2.06 bits per heavy atom. The van der Waals surface area contributed by atoms with Crippen LogP contribution in [0, 0.1) is 17.9 Å². The maximum atomic E-state index is 5.26. The average Bonchev–Trinajstić information content (AvgIpc) is 2.31. The van der Waals surface area contributed by atoms with Crippen molar-refractivity contribution in [3.8, 4) is 6.07 Å². The van der Waals surface area contributed by atoms with Crippen molar-refractivity contribution >= 4 is 6.34 Å². The lowest BCUT2D eigenvalue weighted by molar-refractivity contribution is 0.298. The maximum absolute atomic E-state index is 5.26. The first-order valence-corrected chi connectivity index (χ1v) is 6.49. The minimum atomic E-state index is 0.280. The summed E-state index contributed by atoms with van der Waals surface area (Å²) < 4.78 is 5.26. The smallest absolute Gasteiger partial charge is 0.433 e. The van der Waals surface area contributed by atoms with Crippen LogP contribution in [0.3, 0.4) is 0 Å². The van der Waals surface area contributed by atoms with Gasteiger partial charge >= 0.3 is 5.88 Å². The molecule has 0 rings (SSSR count). The van der Waals surface area contributed by atoms with E-state index in [1.807, 2.05) is 20.8 Å². The molecule has 0 aliphatic carbocycles. The molecule has 0 spiro atoms. The summed E-state index contributed by atoms with van der Waals surface area (Å²) in [5.41, 5.74) is 0.915. The molecule has 102 valence electrons. The molecule has 0 aromatic heterocycles. The quantitative estimate of drug-likeness (QED) is 0.446. The van der Waals surface area contributed by atoms with Crippen LogP contribution in [0.4, 0.5) is 0 Å². The van der Waals surface area contributed by atoms with Crippen LogP contribution in [0.2, 0.25) is 0 Å². The largest absolute Gasteiger partial charge is 0.519 e. The highest BCUT2D eigenvalue weighted by molar-refractivity contribution is 5.57. The first-order chi connectivity index (χ1) is 8.51. The van der Waals surface area contributed by atoms with Gasteiger partial charge in [-0.25, -0.2) is 0 Å². The van der Waals surface area contributed by atoms with E-state index >= 15 is 0 Å². The van der Waals surface area contributed by atoms with Crippen LogP contribution in [0.5, 0.6) is 0 Å². The number of ether oxygens (including phenoxy) is 1. The third kappa shape index (κ3) is 7.72. The number of hydrogen-bond acceptors (Lipinski definition) is 2. The molecule has 1 N–H and O–H groups in total. The third-order valence-electron chi connectivity index (χ3n) is 2.03. The number of rotatable bonds is 6. The molecule has 0 saturated carbocycles. The monoisotopic (exact) mass is 252 g/mol. The Labute approximate surface area is 111 Å². The molecular weight excluding hydrogens is 226 g/mol. The summed E-state index contributed by atoms with van der Waals surface area (Å²) in [7, 11) is 1.61. The Morgan fingerprint density at radius 1 is 1.39 bits per heavy atom. The fourth-order valence-corrected chi connectivity index (χ4v) is 1.13. The Balaban J connectivity index is 4.69. The molecule has 4 nitrogen and oxygen atoms in total. The van der Waals surface area contributed by atoms with Gasteiger partial charge in [-0.2, -0.15) is 0 Å². The highest BCUT2D eigenvalue weighted by Gasteiger charge is 2.14. The summed E-state index contributed by atoms with van der Waals surface area (Å²) in [6, 6.07) is 2.98. The van der Waals surface area contributed by atoms with Gasteiger partial charge in [-0.3, -0.25) is 4.99 Å². The van der Waals surface area contributed by atoms with Crippen LogP contribution in [0.1, 0.15) is 41.0 Å². The lowest BCUT2D eigenvalue weighted by Crippen LogP contribution is -2.13. The molecule has 0 aliphatic heterocycles. The lowest BCUT2D eigenvalue weighted by atomic mass is 10.2. The van der Waals surface area contributed by atoms with Gasteiger partial charge in [0.15, 0.2) is 0 Å². The molecule has 18 heavy (non-hydrogen) atoms. The van der Waals surface area contributed by atoms with Crippen LogP contribution < -0.4 is 5.32 Å². The predicted octanol–water partition coefficient (Wildman–Crippen LogP) is 3.47. The zero-order chi connectivity index (χ0) is 14.0. The standard InChI is InChI=1S/C14H26N3O/c1-7-13(17-10-15-8-11(2)3)14(18-6)16-9-12(4)5/h10-12H,7-8H2,1-6H3,(H,15,17)/q+1/b14-13-. The van der Waals surface area contributed by atoms with E-state index in [2.05, 4.69) is 35.1 Å². The van der Waals surface area contributed by atoms with Crippen molar-refractivity contribution in [1.29, 1.82) is 0 Å². The minimum absolute atomic E-state index is 0.280. The molecule has 0 unspecified atom stereocenters. The summed E-state index contributed by atoms with van der Waals surface area (Å²) >= 11 is 0. The Hall–Kier alpha value is -1.50. The highest BCUT2D eigenvalue weighted by Crippen LogP contribution is 2.08. The van der Waals surface area contributed by atoms with Crippen molar-refractivity contribution in [3.05, 3.63) is 16.4 Å². The van der Waals surface area contributed by atoms with Gasteiger partial charge in [0.05, 0.1) is 19.4 Å². The van der Waals surface area contributed by atoms with Crippen LogP contribution in [-0.4, -0.2) is 20.0 Å². The summed E-state index contributed by atoms with van der Waals surface area (Å²) in [5, 5.41) is 3.13. The van der Waals surface area contributed by atoms with Crippen molar-refractivity contribution in [2.75, 3.05) is 13.7 Å². The summed E-state index contributed by atoms with van der Waals surface area (Å²) in [6.07, 6.45) is 2.52. The topological polar surface area (TPSA) is 38.0 Å². The van der Waals surface area contributed by atoms with Crippen molar-refractivity contribution in [2.24, 2.45) is 16.8 Å². The molecule has 0 saturated heterocycles. The lowest BCUT2D eigenvalue weighted by Gasteiger charge is -2.01. The number of methoxy groups -OCH3 is 1. The van der Waals surface area contributed by atoms with Crippen molar-refractivity contribution in [1.82, 2.24) is 5.32 Å². The molecule has 0 amide bonds. The molecule has 0 aromatic carbocycles. The third-order valence-corrected chi connectivity index (χ3v) is 2.03. The van der Waals surface area contributed by atoms with E-state index < -0.39 is 0 Å². The number of nitrogens with zero attached hydrogens (tertiary/aromatic N) is 2. The van der Waals surface area contributed by atoms with Gasteiger partial charge in [-0.15, -0.1) is 0 Å². The molecule has 0 bridgehead atoms. The SMILES string of the molecule is CC/C(NC=NCC(C)C)=C(\[N+]#CC(C)C)OC. The number of nitrogens with one attached hydrogen (secondary N) is 1. The summed E-state index contributed by atoms with van der Waals surface area (Å²) in [4.78, 5) is 8.49. The van der Waals surface area contributed by atoms with E-state index in [0.29, 0.717) is 11.8 Å². The second-order valence-corrected chi connectivity index (χ2v) is 4.77. The summed E-state index contributed by atoms with van der Waals surface area (Å²) in [5.74, 6) is 1.41. The fourth-order valence-electron chi connectivity index (χ4n) is 1.13. The van der Waals surface area contributed by atoms with Gasteiger partial charge in [-0.05, 0) is 26.2 Å². The number of aliphatic imine (C=N–C) groups is 1. The van der Waals surface area contributed by atoms with Gasteiger partial charge < -0.3 is 10.1 Å². The Bertz CT molecular complexity index is 346. The Morgan fingerprint density at radius 3 is 2.50 bits per heavy atom. The van der Waals surface area contributed by atoms with Crippen molar-refractivity contribution < 1.29 is 4.74 Å². The van der Waals surface area contributed by atoms with Gasteiger partial charge in [0.25, 0.3) is 6.07 Å². The molecule has 0 fully saturated rings. The first kappa shape index (κ1) is 16.5. The molecule has 4 heteroatoms. The van der Waals surface area contributed by atoms with Gasteiger partial charge in [0.2, 0.25) is 0 Å². The predicted molar refractivity (Wildman–Crippen MR) is 77.7 cm³/mol. The van der Waals surface area contributed by atoms with E-state index in [9.17, 15) is 0 Å². The normalized spacial score (nSPS) is 12.4. The van der Waals surface area contributed by atoms with Gasteiger partial charge in [0, 0.05) is 11.4 Å². The molecule has 0 aliphatic rings. The number of hydrogen-bond donors (Lipinski definition) is 1. The molecule has 0 heterocycles. The second-order valence-electron chi connectivity index (χ2n) is 4.77. The number of allylic oxidation sites excluding steroid dienone is 1. The Kier molecular flexibility index (Phi) is 8.73. The zero-order valence-electron chi connectivity index (χ0n) is 12.4. The minimum Gasteiger partial charge on any atom is -0.433 e. The highest BCUT2D eigenvalue weighted by atomic mass is 16.5. The molecule has 0 atom stereocenters. The fraction of sp³-hybridized carbons (Fsp3) is 0.714. The van der Waals surface area contributed by atoms with Crippen LogP contribution in [0.15, 0.2) is 16.6 Å². The van der Waals surface area contributed by atoms with Gasteiger partial charge in [-0.1, -0.05) is 20.8 Å². The molecule has 0 radical (unpaired) electrons. The van der Waals surface area contributed by atoms with Crippen LogP contribution in [0.25, 0.3) is 4.85 Å². The average molecular weight is 252 g/mol. The van der Waals surface area contributed by atoms with E-state index in [4.69, 9.17) is 4.74 Å². The second kappa shape index (κ2) is 9.52. The van der Waals surface area contributed by atoms with E-state index in [1.54, 1.807) is 13.4 Å². The maximum Gasteiger partial charge on any atom is 0.519 e. The van der Waals surface area contributed by atoms with E-state index in [-0.39, 0.29) is 5.92 Å². The van der Waals surface area contributed by atoms with Crippen molar-refractivity contribution in [2.45, 2.75) is 41.0 Å². The van der Waals surface area contributed by atoms with Crippen LogP contribution >= 0.6 is 0 Å². The first-order valence-electron chi connectivity index (χ1n) is 6.49. The molecule has 0 aromatic rings. The van der Waals surface area contributed by atoms with Crippen molar-refractivity contribution in [3.63, 3.8) is 0 Å². The zero-order valence-corrected chi connectivity index (χ0v) is 12.4. The van der Waals surface area contributed by atoms with Crippen LogP contribution in [-0.2, 0) is 4.74 Å². The van der Waals surface area contributed by atoms with E-state index in [1.165, 1.54) is 0 Å². The van der Waals surface area contributed by atoms with E-state index in [0.717, 1.165) is 18.7 Å². The van der Waals surface area contributed by atoms with Gasteiger partial charge in [0.1, 0.15) is 5.70 Å². The molecular formula is C14H26N3O+.